The normalized spacial score (nSPS) is 42.6. The van der Waals surface area contributed by atoms with Crippen LogP contribution in [0.4, 0.5) is 0 Å². The summed E-state index contributed by atoms with van der Waals surface area (Å²) in [7, 11) is 0. The summed E-state index contributed by atoms with van der Waals surface area (Å²) >= 11 is 0. The SMILES string of the molecule is C/C(=C/CC[C@@H](C)[C@H]1CC[C@@]2(C)C3=C(C[C@H]2[C@@]1(C)O)[C@@]1(C)CCC(=O)C(C)(C)[C@@H]1CC3)C(=O)O. The van der Waals surface area contributed by atoms with E-state index in [-0.39, 0.29) is 28.1 Å². The van der Waals surface area contributed by atoms with E-state index < -0.39 is 11.6 Å². The van der Waals surface area contributed by atoms with Gasteiger partial charge in [0, 0.05) is 23.3 Å². The van der Waals surface area contributed by atoms with Gasteiger partial charge in [-0.25, -0.2) is 4.79 Å². The number of hydrogen-bond acceptors (Lipinski definition) is 3. The molecule has 0 bridgehead atoms. The molecule has 0 aliphatic heterocycles. The topological polar surface area (TPSA) is 74.6 Å². The van der Waals surface area contributed by atoms with Crippen molar-refractivity contribution in [1.29, 1.82) is 0 Å². The van der Waals surface area contributed by atoms with Gasteiger partial charge in [-0.2, -0.15) is 0 Å². The zero-order valence-electron chi connectivity index (χ0n) is 22.5. The maximum atomic E-state index is 12.8. The molecule has 0 heterocycles. The molecule has 4 nitrogen and oxygen atoms in total. The number of hydrogen-bond donors (Lipinski definition) is 2. The molecular formula is C30H46O4. The monoisotopic (exact) mass is 470 g/mol. The number of carbonyl (C=O) groups excluding carboxylic acids is 1. The van der Waals surface area contributed by atoms with E-state index in [9.17, 15) is 14.7 Å². The second kappa shape index (κ2) is 8.32. The van der Waals surface area contributed by atoms with Crippen LogP contribution in [0.15, 0.2) is 22.8 Å². The fourth-order valence-corrected chi connectivity index (χ4v) is 9.21. The van der Waals surface area contributed by atoms with E-state index >= 15 is 0 Å². The Balaban J connectivity index is 1.58. The first-order valence-corrected chi connectivity index (χ1v) is 13.6. The first kappa shape index (κ1) is 25.7. The third kappa shape index (κ3) is 3.65. The average molecular weight is 471 g/mol. The van der Waals surface area contributed by atoms with Gasteiger partial charge < -0.3 is 10.2 Å². The number of allylic oxidation sites excluding steroid dienone is 3. The Morgan fingerprint density at radius 1 is 1.03 bits per heavy atom. The van der Waals surface area contributed by atoms with Gasteiger partial charge in [-0.15, -0.1) is 0 Å². The van der Waals surface area contributed by atoms with Crippen LogP contribution in [-0.2, 0) is 9.59 Å². The molecule has 0 aromatic heterocycles. The molecule has 0 aromatic rings. The second-order valence-electron chi connectivity index (χ2n) is 13.4. The molecule has 4 aliphatic rings. The Labute approximate surface area is 206 Å². The third-order valence-corrected chi connectivity index (χ3v) is 11.4. The van der Waals surface area contributed by atoms with Crippen LogP contribution in [0.25, 0.3) is 0 Å². The fourth-order valence-electron chi connectivity index (χ4n) is 9.21. The maximum Gasteiger partial charge on any atom is 0.330 e. The first-order chi connectivity index (χ1) is 15.7. The van der Waals surface area contributed by atoms with Crippen LogP contribution in [0.1, 0.15) is 106 Å². The lowest BCUT2D eigenvalue weighted by atomic mass is 9.49. The van der Waals surface area contributed by atoms with Gasteiger partial charge in [-0.1, -0.05) is 51.8 Å². The van der Waals surface area contributed by atoms with Crippen molar-refractivity contribution in [2.24, 2.45) is 39.9 Å². The highest BCUT2D eigenvalue weighted by atomic mass is 16.4. The number of Topliss-reactive ketones (excluding diaryl/α,β-unsaturated/α-hetero) is 1. The van der Waals surface area contributed by atoms with E-state index in [0.717, 1.165) is 51.4 Å². The van der Waals surface area contributed by atoms with Crippen molar-refractivity contribution in [1.82, 2.24) is 0 Å². The molecule has 0 saturated heterocycles. The van der Waals surface area contributed by atoms with Crippen LogP contribution in [0.5, 0.6) is 0 Å². The molecule has 7 atom stereocenters. The number of carbonyl (C=O) groups is 2. The predicted octanol–water partition coefficient (Wildman–Crippen LogP) is 6.72. The standard InChI is InChI=1S/C30H46O4/c1-18(9-8-10-19(2)26(32)33)20-13-15-28(5)21-11-12-23-27(3,4)25(31)14-16-29(23,6)22(21)17-24(28)30(20,7)34/h10,18,20,23-24,34H,8-9,11-17H2,1-7H3,(H,32,33)/b19-10-/t18-,20-,23+,24-,28+,29-,30+/m1/s1. The van der Waals surface area contributed by atoms with Crippen molar-refractivity contribution in [3.05, 3.63) is 22.8 Å². The first-order valence-electron chi connectivity index (χ1n) is 13.6. The van der Waals surface area contributed by atoms with Gasteiger partial charge >= 0.3 is 5.97 Å². The number of ketones is 1. The van der Waals surface area contributed by atoms with Crippen molar-refractivity contribution >= 4 is 11.8 Å². The van der Waals surface area contributed by atoms with E-state index in [1.165, 1.54) is 0 Å². The molecule has 0 radical (unpaired) electrons. The highest BCUT2D eigenvalue weighted by Gasteiger charge is 2.63. The van der Waals surface area contributed by atoms with Crippen LogP contribution >= 0.6 is 0 Å². The van der Waals surface area contributed by atoms with Crippen LogP contribution < -0.4 is 0 Å². The van der Waals surface area contributed by atoms with Gasteiger partial charge in [-0.3, -0.25) is 4.79 Å². The van der Waals surface area contributed by atoms with Gasteiger partial charge in [0.25, 0.3) is 0 Å². The number of aliphatic hydroxyl groups is 1. The van der Waals surface area contributed by atoms with Crippen LogP contribution in [0.3, 0.4) is 0 Å². The number of aliphatic carboxylic acids is 1. The number of rotatable bonds is 5. The second-order valence-corrected chi connectivity index (χ2v) is 13.4. The van der Waals surface area contributed by atoms with Crippen molar-refractivity contribution in [3.8, 4) is 0 Å². The fraction of sp³-hybridized carbons (Fsp3) is 0.800. The Hall–Kier alpha value is -1.42. The summed E-state index contributed by atoms with van der Waals surface area (Å²) in [6.45, 7) is 15.1. The van der Waals surface area contributed by atoms with Gasteiger partial charge in [-0.05, 0) is 93.8 Å². The van der Waals surface area contributed by atoms with Crippen LogP contribution in [0.2, 0.25) is 0 Å². The molecule has 0 aromatic carbocycles. The van der Waals surface area contributed by atoms with Gasteiger partial charge in [0.05, 0.1) is 5.60 Å². The van der Waals surface area contributed by atoms with Crippen molar-refractivity contribution < 1.29 is 19.8 Å². The molecule has 4 aliphatic carbocycles. The summed E-state index contributed by atoms with van der Waals surface area (Å²) in [5, 5.41) is 21.2. The Morgan fingerprint density at radius 2 is 1.68 bits per heavy atom. The van der Waals surface area contributed by atoms with Crippen molar-refractivity contribution in [2.45, 2.75) is 112 Å². The summed E-state index contributed by atoms with van der Waals surface area (Å²) in [4.78, 5) is 23.9. The highest BCUT2D eigenvalue weighted by Crippen LogP contribution is 2.70. The minimum atomic E-state index is -0.852. The number of fused-ring (bicyclic) bond motifs is 4. The molecule has 2 N–H and O–H groups in total. The molecule has 4 rings (SSSR count). The molecule has 0 unspecified atom stereocenters. The van der Waals surface area contributed by atoms with Crippen molar-refractivity contribution in [2.75, 3.05) is 0 Å². The summed E-state index contributed by atoms with van der Waals surface area (Å²) < 4.78 is 0. The zero-order valence-corrected chi connectivity index (χ0v) is 22.5. The molecule has 0 spiro atoms. The van der Waals surface area contributed by atoms with Gasteiger partial charge in [0.2, 0.25) is 0 Å². The molecule has 2 saturated carbocycles. The quantitative estimate of drug-likeness (QED) is 0.345. The Morgan fingerprint density at radius 3 is 2.32 bits per heavy atom. The third-order valence-electron chi connectivity index (χ3n) is 11.4. The van der Waals surface area contributed by atoms with E-state index in [1.54, 1.807) is 18.1 Å². The average Bonchev–Trinajstić information content (AvgIpc) is 3.06. The lowest BCUT2D eigenvalue weighted by Crippen LogP contribution is -2.54. The lowest BCUT2D eigenvalue weighted by Gasteiger charge is -2.55. The number of carboxylic acids is 1. The van der Waals surface area contributed by atoms with Crippen LogP contribution in [0, 0.1) is 39.9 Å². The Kier molecular flexibility index (Phi) is 6.28. The highest BCUT2D eigenvalue weighted by molar-refractivity contribution is 5.86. The van der Waals surface area contributed by atoms with E-state index in [0.29, 0.717) is 29.6 Å². The molecule has 2 fully saturated rings. The minimum Gasteiger partial charge on any atom is -0.478 e. The lowest BCUT2D eigenvalue weighted by molar-refractivity contribution is -0.139. The van der Waals surface area contributed by atoms with Crippen LogP contribution in [-0.4, -0.2) is 27.6 Å². The van der Waals surface area contributed by atoms with Crippen molar-refractivity contribution in [3.63, 3.8) is 0 Å². The van der Waals surface area contributed by atoms with E-state index in [4.69, 9.17) is 5.11 Å². The molecule has 34 heavy (non-hydrogen) atoms. The van der Waals surface area contributed by atoms with Gasteiger partial charge in [0.1, 0.15) is 5.78 Å². The summed E-state index contributed by atoms with van der Waals surface area (Å²) in [6, 6.07) is 0. The van der Waals surface area contributed by atoms with E-state index in [1.807, 2.05) is 6.08 Å². The summed E-state index contributed by atoms with van der Waals surface area (Å²) in [5.41, 5.74) is 2.72. The molecule has 4 heteroatoms. The van der Waals surface area contributed by atoms with Gasteiger partial charge in [0.15, 0.2) is 0 Å². The molecule has 190 valence electrons. The smallest absolute Gasteiger partial charge is 0.330 e. The summed E-state index contributed by atoms with van der Waals surface area (Å²) in [6.07, 6.45) is 10.4. The zero-order chi connectivity index (χ0) is 25.3. The van der Waals surface area contributed by atoms with E-state index in [2.05, 4.69) is 41.5 Å². The molecule has 0 amide bonds. The maximum absolute atomic E-state index is 12.8. The Bertz CT molecular complexity index is 937. The largest absolute Gasteiger partial charge is 0.478 e. The minimum absolute atomic E-state index is 0.0500. The summed E-state index contributed by atoms with van der Waals surface area (Å²) in [5.74, 6) is 0.748. The predicted molar refractivity (Wildman–Crippen MR) is 135 cm³/mol. The number of carboxylic acid groups (broad SMARTS) is 1. The molecular weight excluding hydrogens is 424 g/mol.